The average Bonchev–Trinajstić information content (AvgIpc) is 3.18. The van der Waals surface area contributed by atoms with E-state index in [2.05, 4.69) is 15.3 Å². The summed E-state index contributed by atoms with van der Waals surface area (Å²) in [6.07, 6.45) is 3.01. The van der Waals surface area contributed by atoms with Crippen molar-refractivity contribution < 1.29 is 14.0 Å². The van der Waals surface area contributed by atoms with E-state index in [1.807, 2.05) is 12.1 Å². The van der Waals surface area contributed by atoms with E-state index in [9.17, 15) is 9.59 Å². The number of fused-ring (bicyclic) bond motifs is 1. The molecule has 0 aliphatic carbocycles. The maximum absolute atomic E-state index is 12.4. The van der Waals surface area contributed by atoms with E-state index in [0.29, 0.717) is 33.3 Å². The van der Waals surface area contributed by atoms with Gasteiger partial charge in [-0.25, -0.2) is 9.97 Å². The van der Waals surface area contributed by atoms with Crippen molar-refractivity contribution in [2.45, 2.75) is 13.3 Å². The highest BCUT2D eigenvalue weighted by atomic mass is 35.5. The lowest BCUT2D eigenvalue weighted by atomic mass is 10.1. The minimum atomic E-state index is -0.235. The fourth-order valence-corrected chi connectivity index (χ4v) is 3.30. The van der Waals surface area contributed by atoms with Crippen molar-refractivity contribution in [3.63, 3.8) is 0 Å². The third kappa shape index (κ3) is 4.16. The lowest BCUT2D eigenvalue weighted by Gasteiger charge is -2.20. The molecule has 1 N–H and O–H groups in total. The third-order valence-corrected chi connectivity index (χ3v) is 4.82. The second kappa shape index (κ2) is 8.34. The molecule has 0 aliphatic heterocycles. The van der Waals surface area contributed by atoms with E-state index in [1.54, 1.807) is 42.5 Å². The molecule has 0 spiro atoms. The van der Waals surface area contributed by atoms with Gasteiger partial charge in [-0.15, -0.1) is 0 Å². The van der Waals surface area contributed by atoms with Gasteiger partial charge < -0.3 is 9.73 Å². The van der Waals surface area contributed by atoms with Crippen LogP contribution in [0, 0.1) is 0 Å². The lowest BCUT2D eigenvalue weighted by molar-refractivity contribution is -0.116. The van der Waals surface area contributed by atoms with E-state index < -0.39 is 0 Å². The third-order valence-electron chi connectivity index (χ3n) is 4.46. The number of pyridine rings is 1. The van der Waals surface area contributed by atoms with Crippen LogP contribution in [0.2, 0.25) is 5.02 Å². The Morgan fingerprint density at radius 1 is 1.10 bits per heavy atom. The highest BCUT2D eigenvalue weighted by molar-refractivity contribution is 6.31. The Morgan fingerprint density at radius 3 is 2.73 bits per heavy atom. The van der Waals surface area contributed by atoms with Crippen LogP contribution >= 0.6 is 11.6 Å². The van der Waals surface area contributed by atoms with Crippen LogP contribution in [0.4, 0.5) is 17.2 Å². The number of hydrogen-bond acceptors (Lipinski definition) is 5. The van der Waals surface area contributed by atoms with Crippen molar-refractivity contribution in [3.8, 4) is 0 Å². The van der Waals surface area contributed by atoms with Crippen molar-refractivity contribution in [1.82, 2.24) is 9.97 Å². The highest BCUT2D eigenvalue weighted by Gasteiger charge is 2.18. The van der Waals surface area contributed by atoms with Gasteiger partial charge in [0.05, 0.1) is 12.1 Å². The molecule has 4 aromatic rings. The Bertz CT molecular complexity index is 1240. The standard InChI is InChI=1S/C22H17ClN4O3/c1-14(28)27(17-6-7-19-20(12-17)30-13-25-19)21-11-16(8-9-24-21)26-22(29)10-15-4-2-3-5-18(15)23/h2-9,11-13H,10H2,1H3,(H,24,26,29). The molecule has 7 nitrogen and oxygen atoms in total. The van der Waals surface area contributed by atoms with Crippen LogP contribution in [0.25, 0.3) is 11.1 Å². The molecule has 4 rings (SSSR count). The molecule has 0 aliphatic rings. The van der Waals surface area contributed by atoms with Gasteiger partial charge in [0, 0.05) is 36.0 Å². The molecule has 2 aromatic carbocycles. The van der Waals surface area contributed by atoms with Gasteiger partial charge in [-0.05, 0) is 29.8 Å². The molecule has 0 radical (unpaired) electrons. The lowest BCUT2D eigenvalue weighted by Crippen LogP contribution is -2.24. The molecule has 0 bridgehead atoms. The van der Waals surface area contributed by atoms with Crippen molar-refractivity contribution in [1.29, 1.82) is 0 Å². The SMILES string of the molecule is CC(=O)N(c1ccc2ncoc2c1)c1cc(NC(=O)Cc2ccccc2Cl)ccn1. The van der Waals surface area contributed by atoms with Crippen molar-refractivity contribution in [2.75, 3.05) is 10.2 Å². The predicted molar refractivity (Wildman–Crippen MR) is 115 cm³/mol. The summed E-state index contributed by atoms with van der Waals surface area (Å²) in [4.78, 5) is 34.6. The van der Waals surface area contributed by atoms with Crippen LogP contribution in [-0.2, 0) is 16.0 Å². The van der Waals surface area contributed by atoms with Gasteiger partial charge in [-0.1, -0.05) is 29.8 Å². The van der Waals surface area contributed by atoms with Crippen molar-refractivity contribution in [3.05, 3.63) is 77.8 Å². The molecular formula is C22H17ClN4O3. The van der Waals surface area contributed by atoms with Crippen LogP contribution in [0.1, 0.15) is 12.5 Å². The molecule has 2 heterocycles. The summed E-state index contributed by atoms with van der Waals surface area (Å²) in [5.74, 6) is -0.0875. The number of nitrogens with one attached hydrogen (secondary N) is 1. The molecule has 0 saturated carbocycles. The Hall–Kier alpha value is -3.71. The van der Waals surface area contributed by atoms with Crippen LogP contribution < -0.4 is 10.2 Å². The Balaban J connectivity index is 1.58. The first-order valence-electron chi connectivity index (χ1n) is 9.14. The number of benzene rings is 2. The summed E-state index contributed by atoms with van der Waals surface area (Å²) in [5, 5.41) is 3.36. The zero-order valence-electron chi connectivity index (χ0n) is 16.0. The maximum Gasteiger partial charge on any atom is 0.229 e. The number of aromatic nitrogens is 2. The van der Waals surface area contributed by atoms with Gasteiger partial charge in [-0.2, -0.15) is 0 Å². The number of nitrogens with zero attached hydrogens (tertiary/aromatic N) is 3. The molecule has 0 atom stereocenters. The number of carbonyl (C=O) groups excluding carboxylic acids is 2. The number of amides is 2. The second-order valence-corrected chi connectivity index (χ2v) is 6.99. The fraction of sp³-hybridized carbons (Fsp3) is 0.0909. The number of anilines is 3. The van der Waals surface area contributed by atoms with Gasteiger partial charge in [0.15, 0.2) is 12.0 Å². The minimum Gasteiger partial charge on any atom is -0.443 e. The van der Waals surface area contributed by atoms with Gasteiger partial charge in [0.25, 0.3) is 0 Å². The Morgan fingerprint density at radius 2 is 1.93 bits per heavy atom. The molecule has 2 aromatic heterocycles. The van der Waals surface area contributed by atoms with E-state index in [0.717, 1.165) is 5.56 Å². The number of hydrogen-bond donors (Lipinski definition) is 1. The summed E-state index contributed by atoms with van der Waals surface area (Å²) < 4.78 is 5.33. The van der Waals surface area contributed by atoms with Crippen LogP contribution in [-0.4, -0.2) is 21.8 Å². The van der Waals surface area contributed by atoms with Gasteiger partial charge in [-0.3, -0.25) is 14.5 Å². The Kier molecular flexibility index (Phi) is 5.45. The number of rotatable bonds is 5. The van der Waals surface area contributed by atoms with Crippen molar-refractivity contribution >= 4 is 51.7 Å². The van der Waals surface area contributed by atoms with Crippen LogP contribution in [0.5, 0.6) is 0 Å². The normalized spacial score (nSPS) is 10.7. The van der Waals surface area contributed by atoms with Gasteiger partial charge in [0.2, 0.25) is 11.8 Å². The van der Waals surface area contributed by atoms with Crippen LogP contribution in [0.15, 0.2) is 71.6 Å². The highest BCUT2D eigenvalue weighted by Crippen LogP contribution is 2.28. The van der Waals surface area contributed by atoms with E-state index in [4.69, 9.17) is 16.0 Å². The minimum absolute atomic E-state index is 0.135. The summed E-state index contributed by atoms with van der Waals surface area (Å²) in [6.45, 7) is 1.44. The van der Waals surface area contributed by atoms with Crippen molar-refractivity contribution in [2.24, 2.45) is 0 Å². The molecule has 2 amide bonds. The Labute approximate surface area is 177 Å². The van der Waals surface area contributed by atoms with Gasteiger partial charge in [0.1, 0.15) is 11.3 Å². The number of carbonyl (C=O) groups is 2. The predicted octanol–water partition coefficient (Wildman–Crippen LogP) is 4.74. The monoisotopic (exact) mass is 420 g/mol. The van der Waals surface area contributed by atoms with E-state index in [1.165, 1.54) is 24.4 Å². The molecule has 8 heteroatoms. The fourth-order valence-electron chi connectivity index (χ4n) is 3.10. The number of oxazole rings is 1. The second-order valence-electron chi connectivity index (χ2n) is 6.58. The summed E-state index contributed by atoms with van der Waals surface area (Å²) in [7, 11) is 0. The average molecular weight is 421 g/mol. The quantitative estimate of drug-likeness (QED) is 0.503. The first kappa shape index (κ1) is 19.6. The molecule has 0 fully saturated rings. The molecule has 150 valence electrons. The molecule has 0 unspecified atom stereocenters. The van der Waals surface area contributed by atoms with E-state index >= 15 is 0 Å². The zero-order chi connectivity index (χ0) is 21.1. The zero-order valence-corrected chi connectivity index (χ0v) is 16.8. The summed E-state index contributed by atoms with van der Waals surface area (Å²) in [5.41, 5.74) is 3.08. The topological polar surface area (TPSA) is 88.3 Å². The number of halogens is 1. The largest absolute Gasteiger partial charge is 0.443 e. The molecular weight excluding hydrogens is 404 g/mol. The smallest absolute Gasteiger partial charge is 0.229 e. The summed E-state index contributed by atoms with van der Waals surface area (Å²) >= 11 is 6.13. The summed E-state index contributed by atoms with van der Waals surface area (Å²) in [6, 6.07) is 15.7. The molecule has 30 heavy (non-hydrogen) atoms. The van der Waals surface area contributed by atoms with Gasteiger partial charge >= 0.3 is 0 Å². The first-order chi connectivity index (χ1) is 14.5. The van der Waals surface area contributed by atoms with E-state index in [-0.39, 0.29) is 18.2 Å². The maximum atomic E-state index is 12.4. The molecule has 0 saturated heterocycles. The van der Waals surface area contributed by atoms with Crippen LogP contribution in [0.3, 0.4) is 0 Å². The first-order valence-corrected chi connectivity index (χ1v) is 9.52.